The molecule has 18 heavy (non-hydrogen) atoms. The maximum atomic E-state index is 8.89. The molecule has 3 aromatic rings. The van der Waals surface area contributed by atoms with Crippen LogP contribution in [0.5, 0.6) is 0 Å². The Kier molecular flexibility index (Phi) is 2.21. The lowest BCUT2D eigenvalue weighted by molar-refractivity contribution is 0.874. The Labute approximate surface area is 103 Å². The first-order valence-electron chi connectivity index (χ1n) is 5.38. The molecule has 2 aromatic heterocycles. The van der Waals surface area contributed by atoms with Gasteiger partial charge in [-0.05, 0) is 24.3 Å². The first-order valence-corrected chi connectivity index (χ1v) is 5.38. The highest BCUT2D eigenvalue weighted by Crippen LogP contribution is 2.19. The lowest BCUT2D eigenvalue weighted by Crippen LogP contribution is -1.99. The first-order chi connectivity index (χ1) is 8.78. The maximum Gasteiger partial charge on any atom is 0.155 e. The summed E-state index contributed by atoms with van der Waals surface area (Å²) >= 11 is 0. The Morgan fingerprint density at radius 2 is 2.11 bits per heavy atom. The molecule has 0 aliphatic rings. The van der Waals surface area contributed by atoms with Crippen LogP contribution in [0.3, 0.4) is 0 Å². The molecule has 0 radical (unpaired) electrons. The highest BCUT2D eigenvalue weighted by Gasteiger charge is 2.06. The SMILES string of the molecule is N#Cc1ccnc(-n2ncc3ccc(N)cc32)c1. The largest absolute Gasteiger partial charge is 0.399 e. The second-order valence-corrected chi connectivity index (χ2v) is 3.89. The summed E-state index contributed by atoms with van der Waals surface area (Å²) in [6.45, 7) is 0. The topological polar surface area (TPSA) is 80.5 Å². The predicted molar refractivity (Wildman–Crippen MR) is 68.0 cm³/mol. The van der Waals surface area contributed by atoms with Gasteiger partial charge >= 0.3 is 0 Å². The molecular weight excluding hydrogens is 226 g/mol. The zero-order chi connectivity index (χ0) is 12.5. The van der Waals surface area contributed by atoms with E-state index in [0.29, 0.717) is 17.1 Å². The van der Waals surface area contributed by atoms with Crippen LogP contribution >= 0.6 is 0 Å². The van der Waals surface area contributed by atoms with Crippen LogP contribution in [0.15, 0.2) is 42.7 Å². The van der Waals surface area contributed by atoms with Crippen LogP contribution in [-0.4, -0.2) is 14.8 Å². The number of nitrogens with two attached hydrogens (primary N) is 1. The van der Waals surface area contributed by atoms with Crippen LogP contribution in [0.1, 0.15) is 5.56 Å². The number of nitrogens with zero attached hydrogens (tertiary/aromatic N) is 4. The average molecular weight is 235 g/mol. The van der Waals surface area contributed by atoms with E-state index in [1.165, 1.54) is 0 Å². The molecule has 0 fully saturated rings. The van der Waals surface area contributed by atoms with Crippen molar-refractivity contribution in [2.75, 3.05) is 5.73 Å². The summed E-state index contributed by atoms with van der Waals surface area (Å²) in [6.07, 6.45) is 3.34. The van der Waals surface area contributed by atoms with Crippen molar-refractivity contribution in [3.8, 4) is 11.9 Å². The van der Waals surface area contributed by atoms with Gasteiger partial charge in [-0.1, -0.05) is 0 Å². The average Bonchev–Trinajstić information content (AvgIpc) is 2.81. The fourth-order valence-corrected chi connectivity index (χ4v) is 1.82. The summed E-state index contributed by atoms with van der Waals surface area (Å²) in [7, 11) is 0. The van der Waals surface area contributed by atoms with Crippen LogP contribution in [-0.2, 0) is 0 Å². The number of nitriles is 1. The fourth-order valence-electron chi connectivity index (χ4n) is 1.82. The molecule has 0 spiro atoms. The van der Waals surface area contributed by atoms with Crippen molar-refractivity contribution in [3.63, 3.8) is 0 Å². The summed E-state index contributed by atoms with van der Waals surface area (Å²) in [5, 5.41) is 14.1. The zero-order valence-electron chi connectivity index (χ0n) is 9.41. The van der Waals surface area contributed by atoms with Crippen molar-refractivity contribution < 1.29 is 0 Å². The van der Waals surface area contributed by atoms with Crippen LogP contribution in [0.2, 0.25) is 0 Å². The summed E-state index contributed by atoms with van der Waals surface area (Å²) in [5.41, 5.74) is 7.86. The summed E-state index contributed by atoms with van der Waals surface area (Å²) in [6, 6.07) is 11.0. The number of fused-ring (bicyclic) bond motifs is 1. The Bertz CT molecular complexity index is 766. The van der Waals surface area contributed by atoms with Crippen molar-refractivity contribution in [2.24, 2.45) is 0 Å². The predicted octanol–water partition coefficient (Wildman–Crippen LogP) is 1.87. The van der Waals surface area contributed by atoms with Crippen LogP contribution in [0, 0.1) is 11.3 Å². The van der Waals surface area contributed by atoms with E-state index in [9.17, 15) is 0 Å². The second-order valence-electron chi connectivity index (χ2n) is 3.89. The van der Waals surface area contributed by atoms with E-state index in [2.05, 4.69) is 16.2 Å². The molecule has 3 rings (SSSR count). The van der Waals surface area contributed by atoms with Gasteiger partial charge in [0.25, 0.3) is 0 Å². The van der Waals surface area contributed by atoms with Crippen molar-refractivity contribution in [1.29, 1.82) is 5.26 Å². The lowest BCUT2D eigenvalue weighted by Gasteiger charge is -2.03. The zero-order valence-corrected chi connectivity index (χ0v) is 9.41. The van der Waals surface area contributed by atoms with Crippen LogP contribution in [0.25, 0.3) is 16.7 Å². The Morgan fingerprint density at radius 3 is 2.94 bits per heavy atom. The summed E-state index contributed by atoms with van der Waals surface area (Å²) in [4.78, 5) is 4.22. The van der Waals surface area contributed by atoms with Gasteiger partial charge in [-0.25, -0.2) is 9.67 Å². The molecule has 2 heterocycles. The molecule has 0 aliphatic heterocycles. The highest BCUT2D eigenvalue weighted by atomic mass is 15.3. The lowest BCUT2D eigenvalue weighted by atomic mass is 10.2. The minimum absolute atomic E-state index is 0.549. The summed E-state index contributed by atoms with van der Waals surface area (Å²) < 4.78 is 1.67. The number of benzene rings is 1. The molecule has 0 saturated heterocycles. The molecule has 5 nitrogen and oxygen atoms in total. The van der Waals surface area contributed by atoms with E-state index in [1.807, 2.05) is 18.2 Å². The van der Waals surface area contributed by atoms with Crippen LogP contribution in [0.4, 0.5) is 5.69 Å². The van der Waals surface area contributed by atoms with E-state index in [4.69, 9.17) is 11.0 Å². The number of nitrogen functional groups attached to an aromatic ring is 1. The highest BCUT2D eigenvalue weighted by molar-refractivity contribution is 5.83. The first kappa shape index (κ1) is 10.3. The normalized spacial score (nSPS) is 10.4. The van der Waals surface area contributed by atoms with Gasteiger partial charge in [0.15, 0.2) is 5.82 Å². The Balaban J connectivity index is 2.25. The maximum absolute atomic E-state index is 8.89. The third-order valence-electron chi connectivity index (χ3n) is 2.69. The molecular formula is C13H9N5. The Morgan fingerprint density at radius 1 is 1.22 bits per heavy atom. The molecule has 0 atom stereocenters. The molecule has 5 heteroatoms. The Hall–Kier alpha value is -2.87. The minimum atomic E-state index is 0.549. The number of rotatable bonds is 1. The molecule has 0 amide bonds. The molecule has 0 saturated carbocycles. The van der Waals surface area contributed by atoms with Gasteiger partial charge in [-0.2, -0.15) is 10.4 Å². The third kappa shape index (κ3) is 1.57. The standard InChI is InChI=1S/C13H9N5/c14-7-9-3-4-16-13(5-9)18-12-6-11(15)2-1-10(12)8-17-18/h1-6,8H,15H2. The van der Waals surface area contributed by atoms with Gasteiger partial charge in [0, 0.05) is 23.3 Å². The van der Waals surface area contributed by atoms with Gasteiger partial charge in [-0.3, -0.25) is 0 Å². The van der Waals surface area contributed by atoms with Crippen LogP contribution < -0.4 is 5.73 Å². The van der Waals surface area contributed by atoms with E-state index >= 15 is 0 Å². The fraction of sp³-hybridized carbons (Fsp3) is 0. The number of aromatic nitrogens is 3. The van der Waals surface area contributed by atoms with E-state index in [1.54, 1.807) is 29.2 Å². The van der Waals surface area contributed by atoms with Crippen molar-refractivity contribution in [2.45, 2.75) is 0 Å². The number of hydrogen-bond acceptors (Lipinski definition) is 4. The molecule has 2 N–H and O–H groups in total. The molecule has 86 valence electrons. The number of anilines is 1. The van der Waals surface area contributed by atoms with Gasteiger partial charge in [-0.15, -0.1) is 0 Å². The van der Waals surface area contributed by atoms with Gasteiger partial charge < -0.3 is 5.73 Å². The van der Waals surface area contributed by atoms with E-state index in [-0.39, 0.29) is 0 Å². The minimum Gasteiger partial charge on any atom is -0.399 e. The number of hydrogen-bond donors (Lipinski definition) is 1. The smallest absolute Gasteiger partial charge is 0.155 e. The second kappa shape index (κ2) is 3.86. The summed E-state index contributed by atoms with van der Waals surface area (Å²) in [5.74, 6) is 0.606. The van der Waals surface area contributed by atoms with E-state index < -0.39 is 0 Å². The molecule has 0 aliphatic carbocycles. The van der Waals surface area contributed by atoms with E-state index in [0.717, 1.165) is 10.9 Å². The van der Waals surface area contributed by atoms with Crippen molar-refractivity contribution in [1.82, 2.24) is 14.8 Å². The molecule has 1 aromatic carbocycles. The number of pyridine rings is 1. The quantitative estimate of drug-likeness (QED) is 0.653. The molecule has 0 bridgehead atoms. The van der Waals surface area contributed by atoms with Crippen molar-refractivity contribution >= 4 is 16.6 Å². The third-order valence-corrected chi connectivity index (χ3v) is 2.69. The van der Waals surface area contributed by atoms with Crippen molar-refractivity contribution in [3.05, 3.63) is 48.3 Å². The van der Waals surface area contributed by atoms with Gasteiger partial charge in [0.2, 0.25) is 0 Å². The molecule has 0 unspecified atom stereocenters. The monoisotopic (exact) mass is 235 g/mol. The van der Waals surface area contributed by atoms with Gasteiger partial charge in [0.05, 0.1) is 23.3 Å². The van der Waals surface area contributed by atoms with Gasteiger partial charge in [0.1, 0.15) is 0 Å².